The van der Waals surface area contributed by atoms with Crippen molar-refractivity contribution in [2.45, 2.75) is 0 Å². The van der Waals surface area contributed by atoms with Gasteiger partial charge in [0, 0.05) is 16.7 Å². The molecule has 0 bridgehead atoms. The van der Waals surface area contributed by atoms with Crippen LogP contribution in [0.15, 0.2) is 110 Å². The first-order valence-electron chi connectivity index (χ1n) is 9.37. The van der Waals surface area contributed by atoms with Gasteiger partial charge in [-0.05, 0) is 0 Å². The van der Waals surface area contributed by atoms with Crippen LogP contribution in [0.3, 0.4) is 0 Å². The van der Waals surface area contributed by atoms with Crippen molar-refractivity contribution < 1.29 is 0 Å². The smallest absolute Gasteiger partial charge is 0.163 e. The highest BCUT2D eigenvalue weighted by molar-refractivity contribution is 5.60. The minimum atomic E-state index is 0.699. The Morgan fingerprint density at radius 2 is 0.733 bits per heavy atom. The van der Waals surface area contributed by atoms with Crippen LogP contribution < -0.4 is 0 Å². The molecule has 6 heteroatoms. The molecule has 3 aromatic carbocycles. The van der Waals surface area contributed by atoms with Crippen LogP contribution in [-0.2, 0) is 0 Å². The molecular formula is C24H18N6. The topological polar surface area (TPSA) is 77.3 Å². The van der Waals surface area contributed by atoms with E-state index >= 15 is 0 Å². The van der Waals surface area contributed by atoms with Crippen LogP contribution in [-0.4, -0.2) is 29.9 Å². The fraction of sp³-hybridized carbons (Fsp3) is 0. The quantitative estimate of drug-likeness (QED) is 0.443. The molecule has 0 aliphatic heterocycles. The van der Waals surface area contributed by atoms with Gasteiger partial charge >= 0.3 is 0 Å². The number of benzene rings is 3. The summed E-state index contributed by atoms with van der Waals surface area (Å²) in [4.78, 5) is 24.7. The standard InChI is InChI=1S/C15H11N3.C9H7N3/c1-3-7-12(8-4-1)14-16-11-17-15(18-14)13-9-5-2-6-10-13;1-2-4-8(5-3-1)9-11-6-10-7-12-9/h1-11H;1-7H. The maximum absolute atomic E-state index is 4.49. The van der Waals surface area contributed by atoms with Crippen LogP contribution in [0.25, 0.3) is 34.2 Å². The first-order valence-corrected chi connectivity index (χ1v) is 9.37. The summed E-state index contributed by atoms with van der Waals surface area (Å²) in [6.07, 6.45) is 4.54. The molecule has 0 saturated heterocycles. The van der Waals surface area contributed by atoms with Gasteiger partial charge in [0.15, 0.2) is 17.5 Å². The predicted octanol–water partition coefficient (Wildman–Crippen LogP) is 4.74. The molecule has 0 aliphatic rings. The van der Waals surface area contributed by atoms with Crippen molar-refractivity contribution in [1.29, 1.82) is 0 Å². The molecule has 30 heavy (non-hydrogen) atoms. The molecular weight excluding hydrogens is 372 g/mol. The first-order chi connectivity index (χ1) is 14.9. The summed E-state index contributed by atoms with van der Waals surface area (Å²) >= 11 is 0. The van der Waals surface area contributed by atoms with E-state index in [2.05, 4.69) is 29.9 Å². The molecule has 144 valence electrons. The van der Waals surface area contributed by atoms with Gasteiger partial charge in [0.2, 0.25) is 0 Å². The third kappa shape index (κ3) is 4.94. The van der Waals surface area contributed by atoms with Crippen molar-refractivity contribution in [2.24, 2.45) is 0 Å². The second-order valence-electron chi connectivity index (χ2n) is 6.19. The summed E-state index contributed by atoms with van der Waals surface area (Å²) in [6.45, 7) is 0. The van der Waals surface area contributed by atoms with Crippen LogP contribution in [0.2, 0.25) is 0 Å². The van der Waals surface area contributed by atoms with Gasteiger partial charge < -0.3 is 0 Å². The molecule has 0 amide bonds. The van der Waals surface area contributed by atoms with Crippen molar-refractivity contribution in [3.63, 3.8) is 0 Å². The fourth-order valence-corrected chi connectivity index (χ4v) is 2.72. The monoisotopic (exact) mass is 390 g/mol. The van der Waals surface area contributed by atoms with Crippen LogP contribution in [0, 0.1) is 0 Å². The summed E-state index contributed by atoms with van der Waals surface area (Å²) in [5, 5.41) is 0. The molecule has 2 heterocycles. The molecule has 6 nitrogen and oxygen atoms in total. The van der Waals surface area contributed by atoms with Gasteiger partial charge in [-0.15, -0.1) is 0 Å². The number of hydrogen-bond donors (Lipinski definition) is 0. The molecule has 0 spiro atoms. The Kier molecular flexibility index (Phi) is 6.18. The Morgan fingerprint density at radius 1 is 0.367 bits per heavy atom. The molecule has 0 atom stereocenters. The first kappa shape index (κ1) is 19.0. The highest BCUT2D eigenvalue weighted by Gasteiger charge is 2.04. The number of hydrogen-bond acceptors (Lipinski definition) is 6. The van der Waals surface area contributed by atoms with E-state index in [-0.39, 0.29) is 0 Å². The van der Waals surface area contributed by atoms with E-state index in [9.17, 15) is 0 Å². The van der Waals surface area contributed by atoms with E-state index in [4.69, 9.17) is 0 Å². The normalized spacial score (nSPS) is 10.0. The van der Waals surface area contributed by atoms with Gasteiger partial charge in [-0.25, -0.2) is 29.9 Å². The lowest BCUT2D eigenvalue weighted by molar-refractivity contribution is 1.06. The van der Waals surface area contributed by atoms with Gasteiger partial charge in [-0.1, -0.05) is 91.0 Å². The summed E-state index contributed by atoms with van der Waals surface area (Å²) < 4.78 is 0. The zero-order valence-electron chi connectivity index (χ0n) is 16.1. The summed E-state index contributed by atoms with van der Waals surface area (Å²) in [6, 6.07) is 29.6. The third-order valence-corrected chi connectivity index (χ3v) is 4.16. The highest BCUT2D eigenvalue weighted by atomic mass is 15.0. The largest absolute Gasteiger partial charge is 0.225 e. The van der Waals surface area contributed by atoms with E-state index in [0.717, 1.165) is 16.7 Å². The second kappa shape index (κ2) is 9.75. The number of rotatable bonds is 3. The molecule has 2 aromatic heterocycles. The van der Waals surface area contributed by atoms with Crippen molar-refractivity contribution >= 4 is 0 Å². The summed E-state index contributed by atoms with van der Waals surface area (Å²) in [5.74, 6) is 2.11. The minimum Gasteiger partial charge on any atom is -0.225 e. The van der Waals surface area contributed by atoms with Crippen molar-refractivity contribution in [1.82, 2.24) is 29.9 Å². The second-order valence-corrected chi connectivity index (χ2v) is 6.19. The SMILES string of the molecule is c1ccc(-c2ncnc(-c3ccccc3)n2)cc1.c1ccc(-c2ncncn2)cc1. The average molecular weight is 390 g/mol. The van der Waals surface area contributed by atoms with Gasteiger partial charge in [0.05, 0.1) is 0 Å². The maximum Gasteiger partial charge on any atom is 0.163 e. The van der Waals surface area contributed by atoms with Crippen LogP contribution in [0.1, 0.15) is 0 Å². The molecule has 0 saturated carbocycles. The number of aromatic nitrogens is 6. The summed E-state index contributed by atoms with van der Waals surface area (Å²) in [7, 11) is 0. The lowest BCUT2D eigenvalue weighted by Gasteiger charge is -2.02. The van der Waals surface area contributed by atoms with Crippen molar-refractivity contribution in [3.8, 4) is 34.2 Å². The van der Waals surface area contributed by atoms with E-state index in [1.54, 1.807) is 6.33 Å². The van der Waals surface area contributed by atoms with E-state index in [0.29, 0.717) is 17.5 Å². The fourth-order valence-electron chi connectivity index (χ4n) is 2.72. The molecule has 0 radical (unpaired) electrons. The van der Waals surface area contributed by atoms with Crippen LogP contribution in [0.4, 0.5) is 0 Å². The Labute approximate surface area is 174 Å². The van der Waals surface area contributed by atoms with Crippen LogP contribution >= 0.6 is 0 Å². The zero-order valence-corrected chi connectivity index (χ0v) is 16.1. The molecule has 0 aliphatic carbocycles. The molecule has 5 aromatic rings. The Bertz CT molecular complexity index is 1080. The Hall–Kier alpha value is -4.32. The van der Waals surface area contributed by atoms with Crippen molar-refractivity contribution in [2.75, 3.05) is 0 Å². The highest BCUT2D eigenvalue weighted by Crippen LogP contribution is 2.18. The van der Waals surface area contributed by atoms with Gasteiger partial charge in [0.1, 0.15) is 19.0 Å². The molecule has 0 unspecified atom stereocenters. The Balaban J connectivity index is 0.000000158. The lowest BCUT2D eigenvalue weighted by atomic mass is 10.2. The number of nitrogens with zero attached hydrogens (tertiary/aromatic N) is 6. The predicted molar refractivity (Wildman–Crippen MR) is 116 cm³/mol. The maximum atomic E-state index is 4.49. The lowest BCUT2D eigenvalue weighted by Crippen LogP contribution is -1.94. The molecule has 0 fully saturated rings. The van der Waals surface area contributed by atoms with Gasteiger partial charge in [-0.2, -0.15) is 0 Å². The van der Waals surface area contributed by atoms with Gasteiger partial charge in [0.25, 0.3) is 0 Å². The minimum absolute atomic E-state index is 0.699. The molecule has 5 rings (SSSR count). The van der Waals surface area contributed by atoms with E-state index < -0.39 is 0 Å². The van der Waals surface area contributed by atoms with Crippen molar-refractivity contribution in [3.05, 3.63) is 110 Å². The average Bonchev–Trinajstić information content (AvgIpc) is 2.87. The van der Waals surface area contributed by atoms with Gasteiger partial charge in [-0.3, -0.25) is 0 Å². The molecule has 0 N–H and O–H groups in total. The summed E-state index contributed by atoms with van der Waals surface area (Å²) in [5.41, 5.74) is 3.01. The third-order valence-electron chi connectivity index (χ3n) is 4.16. The van der Waals surface area contributed by atoms with E-state index in [1.165, 1.54) is 12.7 Å². The van der Waals surface area contributed by atoms with Crippen LogP contribution in [0.5, 0.6) is 0 Å². The Morgan fingerprint density at radius 3 is 1.17 bits per heavy atom. The zero-order chi connectivity index (χ0) is 20.4. The van der Waals surface area contributed by atoms with E-state index in [1.807, 2.05) is 91.0 Å².